The fraction of sp³-hybridized carbons (Fsp3) is 0.400. The second kappa shape index (κ2) is 5.88. The molecule has 0 aliphatic rings. The molecule has 0 amide bonds. The molecule has 0 bridgehead atoms. The predicted molar refractivity (Wildman–Crippen MR) is 82.1 cm³/mol. The maximum Gasteiger partial charge on any atom is 0.0951 e. The van der Waals surface area contributed by atoms with E-state index in [1.54, 1.807) is 0 Å². The topological polar surface area (TPSA) is 29.9 Å². The molecule has 2 aromatic rings. The van der Waals surface area contributed by atoms with Crippen molar-refractivity contribution in [3.8, 4) is 0 Å². The highest BCUT2D eigenvalue weighted by Gasteiger charge is 2.10. The van der Waals surface area contributed by atoms with E-state index in [9.17, 15) is 0 Å². The summed E-state index contributed by atoms with van der Waals surface area (Å²) >= 11 is 3.50. The summed E-state index contributed by atoms with van der Waals surface area (Å²) in [6, 6.07) is 8.37. The minimum atomic E-state index is 0.116. The van der Waals surface area contributed by atoms with Crippen LogP contribution in [-0.2, 0) is 13.1 Å². The van der Waals surface area contributed by atoms with Gasteiger partial charge in [-0.15, -0.1) is 0 Å². The molecule has 19 heavy (non-hydrogen) atoms. The second-order valence-electron chi connectivity index (χ2n) is 5.75. The normalized spacial score (nSPS) is 11.8. The van der Waals surface area contributed by atoms with Crippen LogP contribution in [0.1, 0.15) is 32.0 Å². The van der Waals surface area contributed by atoms with Crippen LogP contribution in [0, 0.1) is 0 Å². The summed E-state index contributed by atoms with van der Waals surface area (Å²) in [5.74, 6) is 0. The summed E-state index contributed by atoms with van der Waals surface area (Å²) in [4.78, 5) is 4.25. The van der Waals surface area contributed by atoms with Crippen molar-refractivity contribution in [3.05, 3.63) is 52.5 Å². The van der Waals surface area contributed by atoms with Crippen molar-refractivity contribution < 1.29 is 0 Å². The quantitative estimate of drug-likeness (QED) is 0.932. The molecule has 1 aromatic heterocycles. The van der Waals surface area contributed by atoms with Gasteiger partial charge in [-0.3, -0.25) is 0 Å². The standard InChI is InChI=1S/C15H20BrN3/c1-15(2,3)18-9-14-8-17-11-19(14)10-12-5-4-6-13(16)7-12/h4-8,11,18H,9-10H2,1-3H3. The zero-order chi connectivity index (χ0) is 13.9. The summed E-state index contributed by atoms with van der Waals surface area (Å²) in [6.07, 6.45) is 3.82. The van der Waals surface area contributed by atoms with Crippen molar-refractivity contribution in [2.45, 2.75) is 39.4 Å². The first kappa shape index (κ1) is 14.3. The monoisotopic (exact) mass is 321 g/mol. The molecular weight excluding hydrogens is 302 g/mol. The van der Waals surface area contributed by atoms with Crippen LogP contribution in [0.5, 0.6) is 0 Å². The van der Waals surface area contributed by atoms with E-state index in [1.165, 1.54) is 11.3 Å². The molecule has 2 rings (SSSR count). The molecular formula is C15H20BrN3. The van der Waals surface area contributed by atoms with Gasteiger partial charge in [-0.1, -0.05) is 28.1 Å². The Morgan fingerprint density at radius 1 is 1.32 bits per heavy atom. The highest BCUT2D eigenvalue weighted by atomic mass is 79.9. The van der Waals surface area contributed by atoms with E-state index in [0.717, 1.165) is 17.6 Å². The van der Waals surface area contributed by atoms with Gasteiger partial charge in [-0.05, 0) is 38.5 Å². The number of nitrogens with zero attached hydrogens (tertiary/aromatic N) is 2. The van der Waals surface area contributed by atoms with Gasteiger partial charge in [0.1, 0.15) is 0 Å². The molecule has 0 unspecified atom stereocenters. The first-order valence-electron chi connectivity index (χ1n) is 6.42. The van der Waals surface area contributed by atoms with Gasteiger partial charge < -0.3 is 9.88 Å². The van der Waals surface area contributed by atoms with Gasteiger partial charge >= 0.3 is 0 Å². The third-order valence-electron chi connectivity index (χ3n) is 2.84. The Morgan fingerprint density at radius 3 is 2.79 bits per heavy atom. The lowest BCUT2D eigenvalue weighted by Gasteiger charge is -2.21. The average molecular weight is 322 g/mol. The van der Waals surface area contributed by atoms with Gasteiger partial charge in [0.15, 0.2) is 0 Å². The highest BCUT2D eigenvalue weighted by molar-refractivity contribution is 9.10. The van der Waals surface area contributed by atoms with Gasteiger partial charge in [-0.2, -0.15) is 0 Å². The van der Waals surface area contributed by atoms with E-state index in [2.05, 4.69) is 69.8 Å². The molecule has 0 spiro atoms. The van der Waals surface area contributed by atoms with E-state index in [0.29, 0.717) is 0 Å². The average Bonchev–Trinajstić information content (AvgIpc) is 2.73. The predicted octanol–water partition coefficient (Wildman–Crippen LogP) is 3.58. The molecule has 0 radical (unpaired) electrons. The summed E-state index contributed by atoms with van der Waals surface area (Å²) in [5, 5.41) is 3.49. The first-order valence-corrected chi connectivity index (χ1v) is 7.22. The fourth-order valence-corrected chi connectivity index (χ4v) is 2.27. The molecule has 4 heteroatoms. The van der Waals surface area contributed by atoms with Crippen LogP contribution in [0.3, 0.4) is 0 Å². The third-order valence-corrected chi connectivity index (χ3v) is 3.33. The molecule has 0 saturated carbocycles. The molecule has 0 atom stereocenters. The van der Waals surface area contributed by atoms with Gasteiger partial charge in [-0.25, -0.2) is 4.98 Å². The van der Waals surface area contributed by atoms with Crippen molar-refractivity contribution in [3.63, 3.8) is 0 Å². The van der Waals surface area contributed by atoms with E-state index in [1.807, 2.05) is 18.6 Å². The van der Waals surface area contributed by atoms with Crippen molar-refractivity contribution in [1.82, 2.24) is 14.9 Å². The van der Waals surface area contributed by atoms with Gasteiger partial charge in [0.25, 0.3) is 0 Å². The number of halogens is 1. The van der Waals surface area contributed by atoms with Crippen LogP contribution in [-0.4, -0.2) is 15.1 Å². The minimum absolute atomic E-state index is 0.116. The lowest BCUT2D eigenvalue weighted by molar-refractivity contribution is 0.417. The van der Waals surface area contributed by atoms with Crippen molar-refractivity contribution in [2.75, 3.05) is 0 Å². The number of nitrogens with one attached hydrogen (secondary N) is 1. The Kier molecular flexibility index (Phi) is 4.42. The summed E-state index contributed by atoms with van der Waals surface area (Å²) in [6.45, 7) is 8.18. The number of benzene rings is 1. The van der Waals surface area contributed by atoms with Crippen LogP contribution < -0.4 is 5.32 Å². The number of hydrogen-bond donors (Lipinski definition) is 1. The molecule has 0 aliphatic heterocycles. The zero-order valence-corrected chi connectivity index (χ0v) is 13.2. The minimum Gasteiger partial charge on any atom is -0.329 e. The van der Waals surface area contributed by atoms with E-state index < -0.39 is 0 Å². The number of imidazole rings is 1. The van der Waals surface area contributed by atoms with E-state index in [4.69, 9.17) is 0 Å². The number of rotatable bonds is 4. The first-order chi connectivity index (χ1) is 8.94. The van der Waals surface area contributed by atoms with Crippen LogP contribution in [0.15, 0.2) is 41.3 Å². The lowest BCUT2D eigenvalue weighted by atomic mass is 10.1. The molecule has 1 heterocycles. The molecule has 0 aliphatic carbocycles. The maximum atomic E-state index is 4.25. The fourth-order valence-electron chi connectivity index (χ4n) is 1.83. The Labute approximate surface area is 123 Å². The molecule has 1 N–H and O–H groups in total. The largest absolute Gasteiger partial charge is 0.329 e. The number of hydrogen-bond acceptors (Lipinski definition) is 2. The van der Waals surface area contributed by atoms with Crippen LogP contribution in [0.2, 0.25) is 0 Å². The third kappa shape index (κ3) is 4.48. The van der Waals surface area contributed by atoms with E-state index >= 15 is 0 Å². The second-order valence-corrected chi connectivity index (χ2v) is 6.66. The summed E-state index contributed by atoms with van der Waals surface area (Å²) < 4.78 is 3.29. The molecule has 3 nitrogen and oxygen atoms in total. The van der Waals surface area contributed by atoms with Crippen LogP contribution >= 0.6 is 15.9 Å². The zero-order valence-electron chi connectivity index (χ0n) is 11.7. The van der Waals surface area contributed by atoms with Gasteiger partial charge in [0.2, 0.25) is 0 Å². The van der Waals surface area contributed by atoms with Crippen molar-refractivity contribution in [1.29, 1.82) is 0 Å². The number of aromatic nitrogens is 2. The molecule has 102 valence electrons. The van der Waals surface area contributed by atoms with Crippen LogP contribution in [0.4, 0.5) is 0 Å². The van der Waals surface area contributed by atoms with Gasteiger partial charge in [0.05, 0.1) is 12.0 Å². The highest BCUT2D eigenvalue weighted by Crippen LogP contribution is 2.14. The van der Waals surface area contributed by atoms with E-state index in [-0.39, 0.29) is 5.54 Å². The Balaban J connectivity index is 2.07. The summed E-state index contributed by atoms with van der Waals surface area (Å²) in [7, 11) is 0. The Hall–Kier alpha value is -1.13. The molecule has 1 aromatic carbocycles. The van der Waals surface area contributed by atoms with Crippen molar-refractivity contribution >= 4 is 15.9 Å². The SMILES string of the molecule is CC(C)(C)NCc1cncn1Cc1cccc(Br)c1. The Morgan fingerprint density at radius 2 is 2.11 bits per heavy atom. The lowest BCUT2D eigenvalue weighted by Crippen LogP contribution is -2.35. The molecule has 0 saturated heterocycles. The van der Waals surface area contributed by atoms with Gasteiger partial charge in [0, 0.05) is 29.3 Å². The van der Waals surface area contributed by atoms with Crippen LogP contribution in [0.25, 0.3) is 0 Å². The Bertz CT molecular complexity index is 540. The maximum absolute atomic E-state index is 4.25. The summed E-state index contributed by atoms with van der Waals surface area (Å²) in [5.41, 5.74) is 2.59. The van der Waals surface area contributed by atoms with Crippen molar-refractivity contribution in [2.24, 2.45) is 0 Å². The smallest absolute Gasteiger partial charge is 0.0951 e. The molecule has 0 fully saturated rings.